The zero-order valence-electron chi connectivity index (χ0n) is 10.7. The fourth-order valence-electron chi connectivity index (χ4n) is 1.69. The van der Waals surface area contributed by atoms with Gasteiger partial charge in [0.1, 0.15) is 5.75 Å². The molecule has 0 radical (unpaired) electrons. The Hall–Kier alpha value is -1.71. The Bertz CT molecular complexity index is 540. The molecule has 0 saturated carbocycles. The number of nitrogens with two attached hydrogens (primary N) is 1. The number of halogens is 1. The maximum absolute atomic E-state index is 5.86. The fraction of sp³-hybridized carbons (Fsp3) is 0.200. The minimum absolute atomic E-state index is 0.507. The predicted octanol–water partition coefficient (Wildman–Crippen LogP) is 3.65. The first kappa shape index (κ1) is 13.7. The topological polar surface area (TPSA) is 44.5 Å². The van der Waals surface area contributed by atoms with E-state index < -0.39 is 0 Å². The first-order valence-electron chi connectivity index (χ1n) is 5.93. The Labute approximate surface area is 117 Å². The molecule has 0 aliphatic heterocycles. The van der Waals surface area contributed by atoms with Crippen molar-refractivity contribution in [1.29, 1.82) is 0 Å². The second kappa shape index (κ2) is 6.45. The van der Waals surface area contributed by atoms with Gasteiger partial charge in [0.05, 0.1) is 31.0 Å². The van der Waals surface area contributed by atoms with Crippen molar-refractivity contribution >= 4 is 17.3 Å². The van der Waals surface area contributed by atoms with Crippen molar-refractivity contribution in [3.05, 3.63) is 58.6 Å². The molecule has 0 unspecified atom stereocenters. The number of hydrogen-bond donors (Lipinski definition) is 1. The molecule has 2 rings (SSSR count). The largest absolute Gasteiger partial charge is 0.497 e. The molecule has 0 saturated heterocycles. The molecular weight excluding hydrogens is 262 g/mol. The van der Waals surface area contributed by atoms with E-state index in [0.717, 1.165) is 16.9 Å². The van der Waals surface area contributed by atoms with Crippen LogP contribution in [-0.4, -0.2) is 7.11 Å². The van der Waals surface area contributed by atoms with E-state index in [1.165, 1.54) is 0 Å². The van der Waals surface area contributed by atoms with E-state index in [9.17, 15) is 0 Å². The van der Waals surface area contributed by atoms with Gasteiger partial charge in [-0.25, -0.2) is 0 Å². The molecule has 0 aliphatic carbocycles. The summed E-state index contributed by atoms with van der Waals surface area (Å²) in [4.78, 5) is 0. The average molecular weight is 278 g/mol. The zero-order valence-corrected chi connectivity index (χ0v) is 11.5. The predicted molar refractivity (Wildman–Crippen MR) is 77.4 cm³/mol. The maximum atomic E-state index is 5.86. The number of methoxy groups -OCH3 is 1. The van der Waals surface area contributed by atoms with Crippen LogP contribution in [0.1, 0.15) is 11.1 Å². The summed E-state index contributed by atoms with van der Waals surface area (Å²) in [6.45, 7) is 1.06. The van der Waals surface area contributed by atoms with Crippen LogP contribution in [0.4, 0.5) is 5.69 Å². The van der Waals surface area contributed by atoms with Crippen LogP contribution >= 0.6 is 11.6 Å². The molecule has 100 valence electrons. The van der Waals surface area contributed by atoms with Crippen molar-refractivity contribution in [3.63, 3.8) is 0 Å². The molecule has 2 aromatic rings. The number of nitrogen functional groups attached to an aromatic ring is 1. The summed E-state index contributed by atoms with van der Waals surface area (Å²) in [5.41, 5.74) is 8.42. The van der Waals surface area contributed by atoms with Crippen molar-refractivity contribution < 1.29 is 9.47 Å². The highest BCUT2D eigenvalue weighted by Crippen LogP contribution is 2.20. The molecule has 4 heteroatoms. The molecule has 3 nitrogen and oxygen atoms in total. The van der Waals surface area contributed by atoms with Crippen LogP contribution in [0.25, 0.3) is 0 Å². The van der Waals surface area contributed by atoms with Gasteiger partial charge in [-0.3, -0.25) is 0 Å². The van der Waals surface area contributed by atoms with Gasteiger partial charge in [-0.2, -0.15) is 0 Å². The third kappa shape index (κ3) is 3.88. The minimum Gasteiger partial charge on any atom is -0.497 e. The van der Waals surface area contributed by atoms with Crippen molar-refractivity contribution in [2.45, 2.75) is 13.2 Å². The van der Waals surface area contributed by atoms with Crippen molar-refractivity contribution in [2.24, 2.45) is 0 Å². The zero-order chi connectivity index (χ0) is 13.7. The molecule has 2 N–H and O–H groups in total. The summed E-state index contributed by atoms with van der Waals surface area (Å²) in [6.07, 6.45) is 0. The third-order valence-corrected chi connectivity index (χ3v) is 3.10. The summed E-state index contributed by atoms with van der Waals surface area (Å²) < 4.78 is 10.7. The lowest BCUT2D eigenvalue weighted by molar-refractivity contribution is 0.107. The molecule has 0 spiro atoms. The lowest BCUT2D eigenvalue weighted by atomic mass is 10.2. The van der Waals surface area contributed by atoms with Gasteiger partial charge >= 0.3 is 0 Å². The molecule has 0 aromatic heterocycles. The first-order chi connectivity index (χ1) is 9.19. The molecule has 2 aromatic carbocycles. The first-order valence-corrected chi connectivity index (χ1v) is 6.31. The summed E-state index contributed by atoms with van der Waals surface area (Å²) in [6, 6.07) is 13.3. The second-order valence-corrected chi connectivity index (χ2v) is 4.60. The van der Waals surface area contributed by atoms with Crippen molar-refractivity contribution in [1.82, 2.24) is 0 Å². The third-order valence-electron chi connectivity index (χ3n) is 2.76. The highest BCUT2D eigenvalue weighted by molar-refractivity contribution is 6.33. The smallest absolute Gasteiger partial charge is 0.118 e. The van der Waals surface area contributed by atoms with Gasteiger partial charge in [0.15, 0.2) is 0 Å². The van der Waals surface area contributed by atoms with E-state index >= 15 is 0 Å². The molecule has 0 amide bonds. The Morgan fingerprint density at radius 3 is 2.26 bits per heavy atom. The summed E-state index contributed by atoms with van der Waals surface area (Å²) >= 11 is 5.86. The Morgan fingerprint density at radius 2 is 1.63 bits per heavy atom. The monoisotopic (exact) mass is 277 g/mol. The normalized spacial score (nSPS) is 10.4. The van der Waals surface area contributed by atoms with E-state index in [1.54, 1.807) is 13.2 Å². The number of ether oxygens (including phenoxy) is 2. The van der Waals surface area contributed by atoms with Crippen LogP contribution < -0.4 is 10.5 Å². The van der Waals surface area contributed by atoms with Crippen LogP contribution in [0.2, 0.25) is 5.02 Å². The van der Waals surface area contributed by atoms with E-state index in [1.807, 2.05) is 36.4 Å². The summed E-state index contributed by atoms with van der Waals surface area (Å²) in [5, 5.41) is 0.568. The molecule has 0 heterocycles. The van der Waals surface area contributed by atoms with Crippen molar-refractivity contribution in [2.75, 3.05) is 12.8 Å². The van der Waals surface area contributed by atoms with Crippen LogP contribution in [-0.2, 0) is 18.0 Å². The number of anilines is 1. The Kier molecular flexibility index (Phi) is 4.66. The van der Waals surface area contributed by atoms with Crippen LogP contribution in [0, 0.1) is 0 Å². The quantitative estimate of drug-likeness (QED) is 0.849. The van der Waals surface area contributed by atoms with Gasteiger partial charge < -0.3 is 15.2 Å². The van der Waals surface area contributed by atoms with Gasteiger partial charge in [-0.15, -0.1) is 0 Å². The van der Waals surface area contributed by atoms with Crippen LogP contribution in [0.5, 0.6) is 5.75 Å². The highest BCUT2D eigenvalue weighted by atomic mass is 35.5. The molecule has 0 aliphatic rings. The van der Waals surface area contributed by atoms with Gasteiger partial charge in [0.2, 0.25) is 0 Å². The second-order valence-electron chi connectivity index (χ2n) is 4.20. The Morgan fingerprint density at radius 1 is 1.00 bits per heavy atom. The molecular formula is C15H16ClNO2. The lowest BCUT2D eigenvalue weighted by Gasteiger charge is -2.07. The van der Waals surface area contributed by atoms with Crippen LogP contribution in [0.3, 0.4) is 0 Å². The van der Waals surface area contributed by atoms with E-state index in [-0.39, 0.29) is 0 Å². The fourth-order valence-corrected chi connectivity index (χ4v) is 1.81. The number of hydrogen-bond acceptors (Lipinski definition) is 3. The Balaban J connectivity index is 1.86. The molecule has 19 heavy (non-hydrogen) atoms. The minimum atomic E-state index is 0.507. The molecule has 0 bridgehead atoms. The van der Waals surface area contributed by atoms with Gasteiger partial charge in [-0.1, -0.05) is 29.8 Å². The summed E-state index contributed by atoms with van der Waals surface area (Å²) in [7, 11) is 1.65. The van der Waals surface area contributed by atoms with E-state index in [0.29, 0.717) is 23.9 Å². The highest BCUT2D eigenvalue weighted by Gasteiger charge is 2.00. The average Bonchev–Trinajstić information content (AvgIpc) is 2.43. The van der Waals surface area contributed by atoms with Crippen molar-refractivity contribution in [3.8, 4) is 5.75 Å². The number of rotatable bonds is 5. The van der Waals surface area contributed by atoms with Gasteiger partial charge in [-0.05, 0) is 35.4 Å². The molecule has 0 atom stereocenters. The van der Waals surface area contributed by atoms with Gasteiger partial charge in [0.25, 0.3) is 0 Å². The lowest BCUT2D eigenvalue weighted by Crippen LogP contribution is -1.96. The standard InChI is InChI=1S/C15H16ClNO2/c1-18-13-5-2-11(3-6-13)9-19-10-12-4-7-14(16)15(17)8-12/h2-8H,9-10,17H2,1H3. The number of benzene rings is 2. The van der Waals surface area contributed by atoms with Crippen LogP contribution in [0.15, 0.2) is 42.5 Å². The van der Waals surface area contributed by atoms with Gasteiger partial charge in [0, 0.05) is 0 Å². The molecule has 0 fully saturated rings. The van der Waals surface area contributed by atoms with E-state index in [2.05, 4.69) is 0 Å². The van der Waals surface area contributed by atoms with E-state index in [4.69, 9.17) is 26.8 Å². The summed E-state index contributed by atoms with van der Waals surface area (Å²) in [5.74, 6) is 0.842. The SMILES string of the molecule is COc1ccc(COCc2ccc(Cl)c(N)c2)cc1. The maximum Gasteiger partial charge on any atom is 0.118 e.